The zero-order chi connectivity index (χ0) is 19.0. The van der Waals surface area contributed by atoms with Crippen LogP contribution in [-0.4, -0.2) is 18.5 Å². The Morgan fingerprint density at radius 3 is 2.89 bits per heavy atom. The van der Waals surface area contributed by atoms with Gasteiger partial charge in [0.05, 0.1) is 17.6 Å². The summed E-state index contributed by atoms with van der Waals surface area (Å²) in [6.45, 7) is 1.99. The molecule has 7 heteroatoms. The van der Waals surface area contributed by atoms with Crippen molar-refractivity contribution in [1.29, 1.82) is 0 Å². The minimum Gasteiger partial charge on any atom is -0.463 e. The highest BCUT2D eigenvalue weighted by Gasteiger charge is 2.29. The van der Waals surface area contributed by atoms with Gasteiger partial charge in [-0.05, 0) is 43.9 Å². The zero-order valence-corrected chi connectivity index (χ0v) is 15.5. The van der Waals surface area contributed by atoms with Crippen molar-refractivity contribution >= 4 is 39.2 Å². The maximum atomic E-state index is 12.7. The van der Waals surface area contributed by atoms with Crippen LogP contribution in [0.3, 0.4) is 0 Å². The van der Waals surface area contributed by atoms with Crippen molar-refractivity contribution in [3.05, 3.63) is 62.3 Å². The van der Waals surface area contributed by atoms with Gasteiger partial charge in [0, 0.05) is 4.88 Å². The molecule has 0 atom stereocenters. The van der Waals surface area contributed by atoms with Gasteiger partial charge in [-0.25, -0.2) is 4.79 Å². The number of benzene rings is 1. The molecule has 3 aromatic rings. The number of fused-ring (bicyclic) bond motifs is 2. The van der Waals surface area contributed by atoms with E-state index >= 15 is 0 Å². The molecule has 0 unspecified atom stereocenters. The lowest BCUT2D eigenvalue weighted by Crippen LogP contribution is -2.22. The number of para-hydroxylation sites is 1. The minimum atomic E-state index is -0.597. The number of esters is 1. The number of thiophene rings is 1. The van der Waals surface area contributed by atoms with Crippen LogP contribution in [0.25, 0.3) is 11.0 Å². The topological polar surface area (TPSA) is 85.6 Å². The molecule has 138 valence electrons. The van der Waals surface area contributed by atoms with Gasteiger partial charge in [0.1, 0.15) is 22.4 Å². The van der Waals surface area contributed by atoms with Gasteiger partial charge in [0.15, 0.2) is 0 Å². The maximum Gasteiger partial charge on any atom is 0.341 e. The summed E-state index contributed by atoms with van der Waals surface area (Å²) in [7, 11) is 0. The van der Waals surface area contributed by atoms with Gasteiger partial charge in [-0.15, -0.1) is 11.3 Å². The monoisotopic (exact) mass is 383 g/mol. The van der Waals surface area contributed by atoms with Crippen molar-refractivity contribution in [2.45, 2.75) is 26.2 Å². The van der Waals surface area contributed by atoms with Crippen LogP contribution < -0.4 is 10.7 Å². The summed E-state index contributed by atoms with van der Waals surface area (Å²) in [5.41, 5.74) is 1.27. The summed E-state index contributed by atoms with van der Waals surface area (Å²) in [6, 6.07) is 6.75. The Labute approximate surface area is 158 Å². The van der Waals surface area contributed by atoms with Crippen molar-refractivity contribution in [1.82, 2.24) is 0 Å². The summed E-state index contributed by atoms with van der Waals surface area (Å²) in [4.78, 5) is 38.8. The number of hydrogen-bond donors (Lipinski definition) is 1. The quantitative estimate of drug-likeness (QED) is 0.693. The first kappa shape index (κ1) is 17.5. The molecule has 27 heavy (non-hydrogen) atoms. The van der Waals surface area contributed by atoms with E-state index in [9.17, 15) is 14.4 Å². The van der Waals surface area contributed by atoms with Crippen LogP contribution >= 0.6 is 11.3 Å². The van der Waals surface area contributed by atoms with Crippen molar-refractivity contribution in [3.8, 4) is 0 Å². The molecule has 0 spiro atoms. The van der Waals surface area contributed by atoms with Crippen molar-refractivity contribution in [2.24, 2.45) is 0 Å². The first-order valence-electron chi connectivity index (χ1n) is 8.73. The smallest absolute Gasteiger partial charge is 0.341 e. The first-order chi connectivity index (χ1) is 13.1. The van der Waals surface area contributed by atoms with Crippen LogP contribution in [0.4, 0.5) is 5.00 Å². The van der Waals surface area contributed by atoms with Gasteiger partial charge >= 0.3 is 5.97 Å². The van der Waals surface area contributed by atoms with E-state index < -0.39 is 17.3 Å². The molecule has 1 N–H and O–H groups in total. The molecule has 2 heterocycles. The summed E-state index contributed by atoms with van der Waals surface area (Å²) in [6.07, 6.45) is 3.80. The molecular formula is C20H17NO5S. The van der Waals surface area contributed by atoms with E-state index in [1.165, 1.54) is 11.3 Å². The Hall–Kier alpha value is -2.93. The standard InChI is InChI=1S/C20H17NO5S/c1-2-25-20(24)16-12-7-5-9-15(12)27-19(16)21-18(23)13-10-26-14-8-4-3-6-11(14)17(13)22/h3-4,6,8,10H,2,5,7,9H2,1H3,(H,21,23). The van der Waals surface area contributed by atoms with Crippen LogP contribution in [-0.2, 0) is 17.6 Å². The Balaban J connectivity index is 1.71. The van der Waals surface area contributed by atoms with Crippen molar-refractivity contribution in [2.75, 3.05) is 11.9 Å². The number of aryl methyl sites for hydroxylation is 1. The highest BCUT2D eigenvalue weighted by atomic mass is 32.1. The molecule has 0 bridgehead atoms. The molecule has 0 saturated carbocycles. The van der Waals surface area contributed by atoms with E-state index in [1.807, 2.05) is 0 Å². The predicted octanol–water partition coefficient (Wildman–Crippen LogP) is 3.77. The highest BCUT2D eigenvalue weighted by Crippen LogP contribution is 2.39. The first-order valence-corrected chi connectivity index (χ1v) is 9.55. The number of hydrogen-bond acceptors (Lipinski definition) is 6. The third-order valence-electron chi connectivity index (χ3n) is 4.55. The Morgan fingerprint density at radius 1 is 1.26 bits per heavy atom. The predicted molar refractivity (Wildman–Crippen MR) is 103 cm³/mol. The maximum absolute atomic E-state index is 12.7. The van der Waals surface area contributed by atoms with Crippen molar-refractivity contribution in [3.63, 3.8) is 0 Å². The normalized spacial score (nSPS) is 12.8. The fourth-order valence-electron chi connectivity index (χ4n) is 3.32. The molecule has 1 aliphatic carbocycles. The van der Waals surface area contributed by atoms with Gasteiger partial charge in [0.25, 0.3) is 5.91 Å². The third-order valence-corrected chi connectivity index (χ3v) is 5.76. The Bertz CT molecular complexity index is 1110. The number of amides is 1. The number of carbonyl (C=O) groups excluding carboxylic acids is 2. The molecule has 6 nitrogen and oxygen atoms in total. The van der Waals surface area contributed by atoms with Crippen LogP contribution in [0, 0.1) is 0 Å². The largest absolute Gasteiger partial charge is 0.463 e. The number of carbonyl (C=O) groups is 2. The Morgan fingerprint density at radius 2 is 2.07 bits per heavy atom. The molecule has 0 aliphatic heterocycles. The van der Waals surface area contributed by atoms with E-state index in [0.29, 0.717) is 21.5 Å². The van der Waals surface area contributed by atoms with Crippen LogP contribution in [0.1, 0.15) is 44.5 Å². The number of ether oxygens (including phenoxy) is 1. The average Bonchev–Trinajstić information content (AvgIpc) is 3.23. The van der Waals surface area contributed by atoms with Gasteiger partial charge in [-0.2, -0.15) is 0 Å². The zero-order valence-electron chi connectivity index (χ0n) is 14.7. The summed E-state index contributed by atoms with van der Waals surface area (Å²) >= 11 is 1.37. The van der Waals surface area contributed by atoms with Crippen molar-refractivity contribution < 1.29 is 18.7 Å². The average molecular weight is 383 g/mol. The summed E-state index contributed by atoms with van der Waals surface area (Å²) < 4.78 is 10.6. The molecule has 4 rings (SSSR count). The number of rotatable bonds is 4. The summed E-state index contributed by atoms with van der Waals surface area (Å²) in [5, 5.41) is 3.48. The molecule has 0 fully saturated rings. The lowest BCUT2D eigenvalue weighted by molar-refractivity contribution is 0.0527. The molecule has 1 amide bonds. The molecular weight excluding hydrogens is 366 g/mol. The van der Waals surface area contributed by atoms with E-state index in [0.717, 1.165) is 36.0 Å². The second-order valence-electron chi connectivity index (χ2n) is 6.21. The van der Waals surface area contributed by atoms with Gasteiger partial charge in [-0.1, -0.05) is 12.1 Å². The summed E-state index contributed by atoms with van der Waals surface area (Å²) in [5.74, 6) is -1.04. The lowest BCUT2D eigenvalue weighted by atomic mass is 10.1. The number of nitrogens with one attached hydrogen (secondary N) is 1. The third kappa shape index (κ3) is 3.04. The second kappa shape index (κ2) is 7.00. The van der Waals surface area contributed by atoms with E-state index in [2.05, 4.69) is 5.32 Å². The van der Waals surface area contributed by atoms with E-state index in [-0.39, 0.29) is 12.2 Å². The molecule has 1 aliphatic rings. The highest BCUT2D eigenvalue weighted by molar-refractivity contribution is 7.17. The minimum absolute atomic E-state index is 0.0999. The Kier molecular flexibility index (Phi) is 4.53. The fraction of sp³-hybridized carbons (Fsp3) is 0.250. The van der Waals surface area contributed by atoms with Crippen LogP contribution in [0.15, 0.2) is 39.7 Å². The molecule has 2 aromatic heterocycles. The number of anilines is 1. The SMILES string of the molecule is CCOC(=O)c1c(NC(=O)c2coc3ccccc3c2=O)sc2c1CCC2. The van der Waals surface area contributed by atoms with E-state index in [1.54, 1.807) is 31.2 Å². The van der Waals surface area contributed by atoms with Gasteiger partial charge in [0.2, 0.25) is 5.43 Å². The van der Waals surface area contributed by atoms with Gasteiger partial charge < -0.3 is 14.5 Å². The van der Waals surface area contributed by atoms with Crippen LogP contribution in [0.5, 0.6) is 0 Å². The second-order valence-corrected chi connectivity index (χ2v) is 7.32. The lowest BCUT2D eigenvalue weighted by Gasteiger charge is -2.08. The van der Waals surface area contributed by atoms with Crippen LogP contribution in [0.2, 0.25) is 0 Å². The van der Waals surface area contributed by atoms with Gasteiger partial charge in [-0.3, -0.25) is 9.59 Å². The fourth-order valence-corrected chi connectivity index (χ4v) is 4.59. The molecule has 0 saturated heterocycles. The molecule has 0 radical (unpaired) electrons. The van der Waals surface area contributed by atoms with E-state index in [4.69, 9.17) is 9.15 Å². The molecule has 1 aromatic carbocycles.